The quantitative estimate of drug-likeness (QED) is 0.236. The van der Waals surface area contributed by atoms with E-state index in [1.807, 2.05) is 54.6 Å². The molecule has 2 heterocycles. The van der Waals surface area contributed by atoms with Crippen molar-refractivity contribution in [3.63, 3.8) is 0 Å². The summed E-state index contributed by atoms with van der Waals surface area (Å²) in [7, 11) is 0. The van der Waals surface area contributed by atoms with E-state index in [1.165, 1.54) is 0 Å². The summed E-state index contributed by atoms with van der Waals surface area (Å²) < 4.78 is 1.64. The summed E-state index contributed by atoms with van der Waals surface area (Å²) in [5.74, 6) is -2.17. The molecule has 1 aliphatic heterocycles. The van der Waals surface area contributed by atoms with Gasteiger partial charge < -0.3 is 15.9 Å². The molecule has 9 heteroatoms. The number of para-hydroxylation sites is 1. The summed E-state index contributed by atoms with van der Waals surface area (Å²) >= 11 is 0. The number of hydrogen-bond donors (Lipinski definition) is 5. The highest BCUT2D eigenvalue weighted by molar-refractivity contribution is 5.99. The Morgan fingerprint density at radius 3 is 2.43 bits per heavy atom. The summed E-state index contributed by atoms with van der Waals surface area (Å²) in [5, 5.41) is 26.5. The van der Waals surface area contributed by atoms with E-state index in [4.69, 9.17) is 5.73 Å². The molecular formula is C28H34N4O5. The predicted molar refractivity (Wildman–Crippen MR) is 141 cm³/mol. The number of aliphatic carboxylic acids is 2. The molecule has 0 aliphatic carbocycles. The first-order chi connectivity index (χ1) is 17.9. The fourth-order valence-electron chi connectivity index (χ4n) is 5.10. The number of unbranched alkanes of at least 4 members (excludes halogenated alkanes) is 1. The van der Waals surface area contributed by atoms with E-state index in [9.17, 15) is 24.6 Å². The number of fused-ring (bicyclic) bond motifs is 3. The molecule has 37 heavy (non-hydrogen) atoms. The number of hydrogen-bond acceptors (Lipinski definition) is 6. The molecule has 4 rings (SSSR count). The third-order valence-electron chi connectivity index (χ3n) is 7.04. The lowest BCUT2D eigenvalue weighted by atomic mass is 9.98. The van der Waals surface area contributed by atoms with Gasteiger partial charge in [0.2, 0.25) is 5.91 Å². The zero-order valence-electron chi connectivity index (χ0n) is 20.7. The van der Waals surface area contributed by atoms with E-state index >= 15 is 0 Å². The Kier molecular flexibility index (Phi) is 8.70. The van der Waals surface area contributed by atoms with E-state index in [2.05, 4.69) is 10.6 Å². The molecule has 0 saturated heterocycles. The van der Waals surface area contributed by atoms with Gasteiger partial charge in [-0.1, -0.05) is 55.0 Å². The Morgan fingerprint density at radius 2 is 1.73 bits per heavy atom. The van der Waals surface area contributed by atoms with E-state index in [1.54, 1.807) is 4.57 Å². The molecule has 0 amide bonds. The standard InChI is InChI=1S/C28H34N4O5/c29-15-7-6-11-21(31-22(27(34)35)14-13-18-8-2-1-3-9-18)26(33)32-24-12-5-4-10-19(24)20-16-23(28(36)37)30-17-25(20)32/h1-5,8-10,12,21-23,30-31H,6-7,11,13-17,29H2,(H,34,35)(H,36,37)/t21-,22-,23-/m0/s1. The first-order valence-electron chi connectivity index (χ1n) is 12.7. The molecule has 3 aromatic rings. The van der Waals surface area contributed by atoms with Crippen LogP contribution in [0.3, 0.4) is 0 Å². The van der Waals surface area contributed by atoms with Gasteiger partial charge in [-0.3, -0.25) is 29.6 Å². The van der Waals surface area contributed by atoms with E-state index in [0.29, 0.717) is 37.7 Å². The Balaban J connectivity index is 1.64. The van der Waals surface area contributed by atoms with Gasteiger partial charge >= 0.3 is 11.9 Å². The third kappa shape index (κ3) is 6.07. The summed E-state index contributed by atoms with van der Waals surface area (Å²) in [6.07, 6.45) is 3.01. The van der Waals surface area contributed by atoms with E-state index in [-0.39, 0.29) is 18.9 Å². The van der Waals surface area contributed by atoms with Crippen molar-refractivity contribution < 1.29 is 24.6 Å². The van der Waals surface area contributed by atoms with Crippen molar-refractivity contribution in [2.45, 2.75) is 63.2 Å². The molecule has 0 fully saturated rings. The van der Waals surface area contributed by atoms with Crippen LogP contribution < -0.4 is 16.4 Å². The van der Waals surface area contributed by atoms with Gasteiger partial charge in [-0.15, -0.1) is 0 Å². The maximum Gasteiger partial charge on any atom is 0.321 e. The van der Waals surface area contributed by atoms with Crippen LogP contribution >= 0.6 is 0 Å². The van der Waals surface area contributed by atoms with Crippen LogP contribution in [0.2, 0.25) is 0 Å². The number of aromatic nitrogens is 1. The number of carboxylic acid groups (broad SMARTS) is 2. The molecule has 196 valence electrons. The van der Waals surface area contributed by atoms with Gasteiger partial charge in [0.1, 0.15) is 12.1 Å². The monoisotopic (exact) mass is 506 g/mol. The maximum atomic E-state index is 14.1. The van der Waals surface area contributed by atoms with Gasteiger partial charge in [0.05, 0.1) is 11.6 Å². The Hall–Kier alpha value is -3.53. The molecule has 0 radical (unpaired) electrons. The zero-order valence-corrected chi connectivity index (χ0v) is 20.7. The number of aryl methyl sites for hydroxylation is 1. The summed E-state index contributed by atoms with van der Waals surface area (Å²) in [5.41, 5.74) is 8.99. The lowest BCUT2D eigenvalue weighted by Crippen LogP contribution is -2.49. The second-order valence-corrected chi connectivity index (χ2v) is 9.51. The van der Waals surface area contributed by atoms with Crippen LogP contribution in [0, 0.1) is 0 Å². The van der Waals surface area contributed by atoms with Crippen LogP contribution in [0.4, 0.5) is 0 Å². The van der Waals surface area contributed by atoms with Crippen molar-refractivity contribution in [1.82, 2.24) is 15.2 Å². The van der Waals surface area contributed by atoms with Gasteiger partial charge in [-0.25, -0.2) is 0 Å². The number of carbonyl (C=O) groups excluding carboxylic acids is 1. The fourth-order valence-corrected chi connectivity index (χ4v) is 5.10. The molecule has 0 bridgehead atoms. The van der Waals surface area contributed by atoms with Crippen molar-refractivity contribution >= 4 is 28.7 Å². The van der Waals surface area contributed by atoms with Gasteiger partial charge in [-0.05, 0) is 49.4 Å². The Morgan fingerprint density at radius 1 is 1.00 bits per heavy atom. The van der Waals surface area contributed by atoms with Gasteiger partial charge in [0.15, 0.2) is 0 Å². The molecule has 1 aromatic heterocycles. The second-order valence-electron chi connectivity index (χ2n) is 9.51. The van der Waals surface area contributed by atoms with Crippen molar-refractivity contribution in [3.05, 3.63) is 71.4 Å². The first-order valence-corrected chi connectivity index (χ1v) is 12.7. The fraction of sp³-hybridized carbons (Fsp3) is 0.393. The highest BCUT2D eigenvalue weighted by Gasteiger charge is 2.33. The number of nitrogens with two attached hydrogens (primary N) is 1. The molecule has 9 nitrogen and oxygen atoms in total. The van der Waals surface area contributed by atoms with Crippen LogP contribution in [0.5, 0.6) is 0 Å². The van der Waals surface area contributed by atoms with Crippen molar-refractivity contribution in [1.29, 1.82) is 0 Å². The Bertz CT molecular complexity index is 1260. The molecular weight excluding hydrogens is 472 g/mol. The van der Waals surface area contributed by atoms with Crippen LogP contribution in [-0.2, 0) is 29.0 Å². The van der Waals surface area contributed by atoms with Crippen LogP contribution in [0.25, 0.3) is 10.9 Å². The van der Waals surface area contributed by atoms with Crippen molar-refractivity contribution in [2.24, 2.45) is 5.73 Å². The molecule has 0 saturated carbocycles. The average Bonchev–Trinajstić information content (AvgIpc) is 3.23. The highest BCUT2D eigenvalue weighted by atomic mass is 16.4. The SMILES string of the molecule is NCCCC[C@H](N[C@@H](CCc1ccccc1)C(=O)O)C(=O)n1c2c(c3ccccc31)C[C@@H](C(=O)O)NC2. The largest absolute Gasteiger partial charge is 0.480 e. The Labute approximate surface area is 215 Å². The minimum Gasteiger partial charge on any atom is -0.480 e. The molecule has 0 spiro atoms. The molecule has 1 aliphatic rings. The second kappa shape index (κ2) is 12.1. The van der Waals surface area contributed by atoms with Gasteiger partial charge in [-0.2, -0.15) is 0 Å². The summed E-state index contributed by atoms with van der Waals surface area (Å²) in [6, 6.07) is 14.8. The topological polar surface area (TPSA) is 147 Å². The number of rotatable bonds is 12. The van der Waals surface area contributed by atoms with Crippen LogP contribution in [-0.4, -0.2) is 57.3 Å². The van der Waals surface area contributed by atoms with Crippen LogP contribution in [0.15, 0.2) is 54.6 Å². The minimum absolute atomic E-state index is 0.235. The van der Waals surface area contributed by atoms with Crippen molar-refractivity contribution in [2.75, 3.05) is 6.54 Å². The average molecular weight is 507 g/mol. The van der Waals surface area contributed by atoms with Crippen LogP contribution in [0.1, 0.15) is 47.3 Å². The number of carboxylic acids is 2. The maximum absolute atomic E-state index is 14.1. The van der Waals surface area contributed by atoms with Gasteiger partial charge in [0.25, 0.3) is 0 Å². The third-order valence-corrected chi connectivity index (χ3v) is 7.04. The minimum atomic E-state index is -1.00. The number of nitrogens with one attached hydrogen (secondary N) is 2. The van der Waals surface area contributed by atoms with E-state index in [0.717, 1.165) is 28.6 Å². The van der Waals surface area contributed by atoms with Crippen molar-refractivity contribution in [3.8, 4) is 0 Å². The highest BCUT2D eigenvalue weighted by Crippen LogP contribution is 2.31. The normalized spacial score (nSPS) is 16.7. The number of benzene rings is 2. The summed E-state index contributed by atoms with van der Waals surface area (Å²) in [4.78, 5) is 37.9. The molecule has 3 atom stereocenters. The molecule has 6 N–H and O–H groups in total. The molecule has 0 unspecified atom stereocenters. The first kappa shape index (κ1) is 26.5. The zero-order chi connectivity index (χ0) is 26.4. The summed E-state index contributed by atoms with van der Waals surface area (Å²) in [6.45, 7) is 0.720. The van der Waals surface area contributed by atoms with Gasteiger partial charge in [0, 0.05) is 24.0 Å². The number of nitrogens with zero attached hydrogens (tertiary/aromatic N) is 1. The smallest absolute Gasteiger partial charge is 0.321 e. The predicted octanol–water partition coefficient (Wildman–Crippen LogP) is 2.55. The molecule has 2 aromatic carbocycles. The lowest BCUT2D eigenvalue weighted by Gasteiger charge is -2.26. The number of carbonyl (C=O) groups is 3. The van der Waals surface area contributed by atoms with E-state index < -0.39 is 30.1 Å². The lowest BCUT2D eigenvalue weighted by molar-refractivity contribution is -0.140.